The molecule has 0 unspecified atom stereocenters. The van der Waals surface area contributed by atoms with Gasteiger partial charge in [0, 0.05) is 0 Å². The van der Waals surface area contributed by atoms with Crippen LogP contribution in [0, 0.1) is 0 Å². The zero-order valence-electron chi connectivity index (χ0n) is 6.08. The Labute approximate surface area is 105 Å². The summed E-state index contributed by atoms with van der Waals surface area (Å²) in [5.74, 6) is 0. The maximum absolute atomic E-state index is 8.53. The zero-order chi connectivity index (χ0) is 10.8. The van der Waals surface area contributed by atoms with Gasteiger partial charge < -0.3 is 0 Å². The molecule has 0 radical (unpaired) electrons. The van der Waals surface area contributed by atoms with E-state index in [4.69, 9.17) is 31.6 Å². The SMILES string of the molecule is [O]=[GeH][O-].[O]=[GeH][O-].[O]=[GeH][O-].[O]=[GeH][O-].[Si+4]. The summed E-state index contributed by atoms with van der Waals surface area (Å²) in [5.41, 5.74) is 0. The van der Waals surface area contributed by atoms with Crippen LogP contribution in [0.15, 0.2) is 0 Å². The van der Waals surface area contributed by atoms with Crippen LogP contribution in [0.25, 0.3) is 0 Å². The Bertz CT molecular complexity index is 70.1. The van der Waals surface area contributed by atoms with Gasteiger partial charge in [0.05, 0.1) is 0 Å². The zero-order valence-corrected chi connectivity index (χ0v) is 16.8. The van der Waals surface area contributed by atoms with Gasteiger partial charge in [-0.2, -0.15) is 0 Å². The van der Waals surface area contributed by atoms with Gasteiger partial charge in [0.25, 0.3) is 0 Å². The van der Waals surface area contributed by atoms with E-state index in [0.717, 1.165) is 0 Å². The van der Waals surface area contributed by atoms with Crippen LogP contribution >= 0.6 is 0 Å². The van der Waals surface area contributed by atoms with E-state index in [2.05, 4.69) is 0 Å². The Balaban J connectivity index is -0.0000000213. The summed E-state index contributed by atoms with van der Waals surface area (Å²) in [6, 6.07) is 0. The Morgan fingerprint density at radius 2 is 0.538 bits per heavy atom. The van der Waals surface area contributed by atoms with E-state index < -0.39 is 62.8 Å². The van der Waals surface area contributed by atoms with Crippen molar-refractivity contribution in [1.29, 1.82) is 0 Å². The van der Waals surface area contributed by atoms with Gasteiger partial charge in [-0.15, -0.1) is 0 Å². The first-order chi connectivity index (χ1) is 5.66. The Kier molecular flexibility index (Phi) is 174. The molecule has 0 spiro atoms. The van der Waals surface area contributed by atoms with Crippen molar-refractivity contribution >= 4 is 73.8 Å². The van der Waals surface area contributed by atoms with Crippen LogP contribution in [0.3, 0.4) is 0 Å². The third kappa shape index (κ3) is 2400. The Morgan fingerprint density at radius 3 is 0.538 bits per heavy atom. The molecule has 13 heteroatoms. The van der Waals surface area contributed by atoms with Crippen molar-refractivity contribution in [1.82, 2.24) is 0 Å². The van der Waals surface area contributed by atoms with Crippen LogP contribution in [0.4, 0.5) is 0 Å². The van der Waals surface area contributed by atoms with Gasteiger partial charge in [-0.25, -0.2) is 0 Å². The molecule has 0 heterocycles. The topological polar surface area (TPSA) is 161 Å². The summed E-state index contributed by atoms with van der Waals surface area (Å²) < 4.78 is 68.2. The van der Waals surface area contributed by atoms with Crippen molar-refractivity contribution in [3.63, 3.8) is 0 Å². The molecular weight excluding hydrogens is 447 g/mol. The smallest absolute Gasteiger partial charge is 4.00 e. The van der Waals surface area contributed by atoms with Gasteiger partial charge in [0.15, 0.2) is 0 Å². The molecule has 8 nitrogen and oxygen atoms in total. The summed E-state index contributed by atoms with van der Waals surface area (Å²) in [5, 5.41) is 0. The van der Waals surface area contributed by atoms with Crippen molar-refractivity contribution in [3.8, 4) is 0 Å². The third-order valence-corrected chi connectivity index (χ3v) is 0. The summed E-state index contributed by atoms with van der Waals surface area (Å²) in [6.07, 6.45) is 0. The van der Waals surface area contributed by atoms with Crippen LogP contribution in [0.2, 0.25) is 0 Å². The minimum Gasteiger partial charge on any atom is 4.00 e. The molecule has 0 aromatic rings. The number of hydrogen-bond acceptors (Lipinski definition) is 8. The molecule has 0 saturated carbocycles. The fourth-order valence-corrected chi connectivity index (χ4v) is 0. The Morgan fingerprint density at radius 1 is 0.538 bits per heavy atom. The Hall–Kier alpha value is 0.788. The van der Waals surface area contributed by atoms with E-state index in [9.17, 15) is 0 Å². The standard InChI is InChI=1S/4GeHO2.Si/c4*2-1-3;/h4*1H;/q4*-1;+4. The van der Waals surface area contributed by atoms with Gasteiger partial charge in [0.1, 0.15) is 0 Å². The molecule has 0 amide bonds. The monoisotopic (exact) mass is 456 g/mol. The van der Waals surface area contributed by atoms with Crippen LogP contribution in [0.5, 0.6) is 0 Å². The molecule has 13 heavy (non-hydrogen) atoms. The molecule has 0 aliphatic heterocycles. The van der Waals surface area contributed by atoms with Gasteiger partial charge in [0.2, 0.25) is 0 Å². The van der Waals surface area contributed by atoms with E-state index >= 15 is 0 Å². The third-order valence-electron chi connectivity index (χ3n) is 0. The van der Waals surface area contributed by atoms with E-state index in [0.29, 0.717) is 0 Å². The second-order valence-corrected chi connectivity index (χ2v) is 2.00. The fourth-order valence-electron chi connectivity index (χ4n) is 0. The first-order valence-electron chi connectivity index (χ1n) is 1.89. The molecule has 0 aromatic heterocycles. The maximum atomic E-state index is 8.53. The van der Waals surface area contributed by atoms with Gasteiger partial charge in [-0.1, -0.05) is 0 Å². The molecule has 0 fully saturated rings. The molecule has 0 saturated heterocycles. The summed E-state index contributed by atoms with van der Waals surface area (Å²) in [6.45, 7) is 0. The largest absolute Gasteiger partial charge is 4.00 e. The quantitative estimate of drug-likeness (QED) is 0.329. The van der Waals surface area contributed by atoms with Gasteiger partial charge >= 0.3 is 105 Å². The molecule has 0 N–H and O–H groups in total. The molecule has 0 aromatic carbocycles. The molecule has 0 rings (SSSR count). The van der Waals surface area contributed by atoms with Crippen molar-refractivity contribution in [3.05, 3.63) is 0 Å². The predicted octanol–water partition coefficient (Wildman–Crippen LogP) is -8.21. The normalized spacial score (nSPS) is 3.69. The second-order valence-electron chi connectivity index (χ2n) is 0.385. The molecular formula is H4Ge4O8Si. The van der Waals surface area contributed by atoms with E-state index in [1.807, 2.05) is 0 Å². The predicted molar refractivity (Wildman–Crippen MR) is 37.1 cm³/mol. The van der Waals surface area contributed by atoms with Crippen molar-refractivity contribution < 1.29 is 31.6 Å². The van der Waals surface area contributed by atoms with Crippen LogP contribution in [-0.4, -0.2) is 73.8 Å². The van der Waals surface area contributed by atoms with E-state index in [1.54, 1.807) is 0 Å². The maximum Gasteiger partial charge on any atom is 4.00 e. The van der Waals surface area contributed by atoms with E-state index in [1.165, 1.54) is 0 Å². The first-order valence-corrected chi connectivity index (χ1v) is 9.80. The summed E-state index contributed by atoms with van der Waals surface area (Å²) in [7, 11) is 0. The number of hydrogen-bond donors (Lipinski definition) is 0. The number of rotatable bonds is 0. The average molecular weight is 451 g/mol. The molecule has 0 bridgehead atoms. The van der Waals surface area contributed by atoms with Crippen LogP contribution in [0.1, 0.15) is 0 Å². The van der Waals surface area contributed by atoms with Crippen LogP contribution in [-0.2, 0) is 15.1 Å². The molecule has 0 aliphatic carbocycles. The molecule has 0 aliphatic rings. The van der Waals surface area contributed by atoms with Crippen molar-refractivity contribution in [2.75, 3.05) is 0 Å². The average Bonchev–Trinajstić information content (AvgIpc) is 1.92. The fraction of sp³-hybridized carbons (Fsp3) is 0. The minimum absolute atomic E-state index is 0. The van der Waals surface area contributed by atoms with Crippen molar-refractivity contribution in [2.24, 2.45) is 0 Å². The van der Waals surface area contributed by atoms with Gasteiger partial charge in [-0.3, -0.25) is 0 Å². The van der Waals surface area contributed by atoms with Gasteiger partial charge in [-0.05, 0) is 0 Å². The summed E-state index contributed by atoms with van der Waals surface area (Å²) >= 11 is -8.75. The van der Waals surface area contributed by atoms with Crippen molar-refractivity contribution in [2.45, 2.75) is 0 Å². The molecule has 0 atom stereocenters. The second kappa shape index (κ2) is 77.5. The summed E-state index contributed by atoms with van der Waals surface area (Å²) in [4.78, 5) is 0. The van der Waals surface area contributed by atoms with Crippen LogP contribution < -0.4 is 16.5 Å². The van der Waals surface area contributed by atoms with E-state index in [-0.39, 0.29) is 11.0 Å². The minimum atomic E-state index is -2.19. The molecule has 72 valence electrons. The first kappa shape index (κ1) is 29.2.